The third kappa shape index (κ3) is 1.49. The fraction of sp³-hybridized carbons (Fsp3) is 0.300. The van der Waals surface area contributed by atoms with Crippen LogP contribution in [0.5, 0.6) is 0 Å². The summed E-state index contributed by atoms with van der Waals surface area (Å²) in [6, 6.07) is 5.56. The maximum atomic E-state index is 11.3. The zero-order valence-electron chi connectivity index (χ0n) is 7.71. The molecule has 1 amide bonds. The molecule has 1 heterocycles. The Morgan fingerprint density at radius 1 is 1.50 bits per heavy atom. The van der Waals surface area contributed by atoms with Gasteiger partial charge in [-0.05, 0) is 30.2 Å². The Balaban J connectivity index is 2.45. The van der Waals surface area contributed by atoms with Gasteiger partial charge < -0.3 is 5.32 Å². The average molecular weight is 192 g/mol. The molecule has 4 nitrogen and oxygen atoms in total. The van der Waals surface area contributed by atoms with Crippen LogP contribution in [0.25, 0.3) is 0 Å². The minimum atomic E-state index is -0.427. The summed E-state index contributed by atoms with van der Waals surface area (Å²) in [5.41, 5.74) is 4.42. The van der Waals surface area contributed by atoms with Gasteiger partial charge in [-0.2, -0.15) is 0 Å². The normalized spacial score (nSPS) is 14.6. The standard InChI is InChI=1S/C10H12N2O2/c13-10(12-14)9-3-1-2-7-6-11-5-4-8(7)9/h1-3,11,14H,4-6H2,(H,12,13). The first-order chi connectivity index (χ1) is 6.83. The highest BCUT2D eigenvalue weighted by Crippen LogP contribution is 2.18. The Morgan fingerprint density at radius 2 is 2.36 bits per heavy atom. The van der Waals surface area contributed by atoms with Crippen molar-refractivity contribution in [3.05, 3.63) is 34.9 Å². The lowest BCUT2D eigenvalue weighted by molar-refractivity contribution is 0.0705. The van der Waals surface area contributed by atoms with Gasteiger partial charge in [0.2, 0.25) is 0 Å². The summed E-state index contributed by atoms with van der Waals surface area (Å²) in [7, 11) is 0. The first-order valence-corrected chi connectivity index (χ1v) is 4.59. The molecular formula is C10H12N2O2. The number of nitrogens with one attached hydrogen (secondary N) is 2. The van der Waals surface area contributed by atoms with Crippen LogP contribution >= 0.6 is 0 Å². The van der Waals surface area contributed by atoms with Crippen molar-refractivity contribution < 1.29 is 10.0 Å². The molecule has 2 rings (SSSR count). The Kier molecular flexibility index (Phi) is 2.47. The molecule has 0 atom stereocenters. The number of benzene rings is 1. The fourth-order valence-electron chi connectivity index (χ4n) is 1.80. The lowest BCUT2D eigenvalue weighted by Crippen LogP contribution is -2.28. The van der Waals surface area contributed by atoms with Crippen LogP contribution in [0.1, 0.15) is 21.5 Å². The van der Waals surface area contributed by atoms with Crippen LogP contribution in [0.3, 0.4) is 0 Å². The Bertz CT molecular complexity index is 363. The Morgan fingerprint density at radius 3 is 3.14 bits per heavy atom. The van der Waals surface area contributed by atoms with E-state index in [1.807, 2.05) is 12.1 Å². The van der Waals surface area contributed by atoms with Crippen LogP contribution in [-0.2, 0) is 13.0 Å². The van der Waals surface area contributed by atoms with E-state index < -0.39 is 5.91 Å². The SMILES string of the molecule is O=C(NO)c1cccc2c1CCNC2. The maximum Gasteiger partial charge on any atom is 0.274 e. The molecule has 14 heavy (non-hydrogen) atoms. The number of hydrogen-bond donors (Lipinski definition) is 3. The van der Waals surface area contributed by atoms with E-state index in [0.29, 0.717) is 5.56 Å². The van der Waals surface area contributed by atoms with Gasteiger partial charge in [0.1, 0.15) is 0 Å². The molecule has 0 aliphatic carbocycles. The second kappa shape index (κ2) is 3.77. The third-order valence-electron chi connectivity index (χ3n) is 2.49. The smallest absolute Gasteiger partial charge is 0.274 e. The van der Waals surface area contributed by atoms with Gasteiger partial charge in [-0.3, -0.25) is 10.0 Å². The number of rotatable bonds is 1. The van der Waals surface area contributed by atoms with Gasteiger partial charge in [-0.25, -0.2) is 5.48 Å². The van der Waals surface area contributed by atoms with Gasteiger partial charge in [0.05, 0.1) is 0 Å². The second-order valence-corrected chi connectivity index (χ2v) is 3.31. The molecular weight excluding hydrogens is 180 g/mol. The van der Waals surface area contributed by atoms with Crippen molar-refractivity contribution in [3.8, 4) is 0 Å². The summed E-state index contributed by atoms with van der Waals surface area (Å²) in [5.74, 6) is -0.427. The lowest BCUT2D eigenvalue weighted by atomic mass is 9.95. The van der Waals surface area contributed by atoms with Crippen LogP contribution < -0.4 is 10.8 Å². The zero-order chi connectivity index (χ0) is 9.97. The van der Waals surface area contributed by atoms with Crippen LogP contribution in [0.4, 0.5) is 0 Å². The number of fused-ring (bicyclic) bond motifs is 1. The summed E-state index contributed by atoms with van der Waals surface area (Å²) in [6.45, 7) is 1.67. The van der Waals surface area contributed by atoms with Crippen LogP contribution in [-0.4, -0.2) is 17.7 Å². The average Bonchev–Trinajstić information content (AvgIpc) is 2.27. The highest BCUT2D eigenvalue weighted by molar-refractivity contribution is 5.95. The predicted octanol–water partition coefficient (Wildman–Crippen LogP) is 0.451. The van der Waals surface area contributed by atoms with Crippen LogP contribution in [0, 0.1) is 0 Å². The number of carbonyl (C=O) groups excluding carboxylic acids is 1. The van der Waals surface area contributed by atoms with Gasteiger partial charge in [0, 0.05) is 12.1 Å². The first kappa shape index (κ1) is 9.18. The zero-order valence-corrected chi connectivity index (χ0v) is 7.71. The predicted molar refractivity (Wildman–Crippen MR) is 51.1 cm³/mol. The Labute approximate surface area is 81.9 Å². The van der Waals surface area contributed by atoms with Gasteiger partial charge in [-0.15, -0.1) is 0 Å². The highest BCUT2D eigenvalue weighted by atomic mass is 16.5. The van der Waals surface area contributed by atoms with E-state index in [-0.39, 0.29) is 0 Å². The molecule has 74 valence electrons. The van der Waals surface area contributed by atoms with E-state index >= 15 is 0 Å². The lowest BCUT2D eigenvalue weighted by Gasteiger charge is -2.19. The largest absolute Gasteiger partial charge is 0.312 e. The molecule has 0 saturated carbocycles. The van der Waals surface area contributed by atoms with Gasteiger partial charge in [0.15, 0.2) is 0 Å². The topological polar surface area (TPSA) is 61.4 Å². The van der Waals surface area contributed by atoms with E-state index in [1.165, 1.54) is 0 Å². The second-order valence-electron chi connectivity index (χ2n) is 3.31. The highest BCUT2D eigenvalue weighted by Gasteiger charge is 2.16. The van der Waals surface area contributed by atoms with Gasteiger partial charge in [-0.1, -0.05) is 12.1 Å². The Hall–Kier alpha value is -1.39. The minimum Gasteiger partial charge on any atom is -0.312 e. The van der Waals surface area contributed by atoms with Crippen molar-refractivity contribution in [1.82, 2.24) is 10.8 Å². The van der Waals surface area contributed by atoms with Crippen molar-refractivity contribution in [1.29, 1.82) is 0 Å². The molecule has 0 spiro atoms. The molecule has 3 N–H and O–H groups in total. The van der Waals surface area contributed by atoms with Crippen molar-refractivity contribution in [2.75, 3.05) is 6.54 Å². The van der Waals surface area contributed by atoms with E-state index in [4.69, 9.17) is 5.21 Å². The summed E-state index contributed by atoms with van der Waals surface area (Å²) in [5, 5.41) is 11.8. The summed E-state index contributed by atoms with van der Waals surface area (Å²) < 4.78 is 0. The molecule has 4 heteroatoms. The van der Waals surface area contributed by atoms with Crippen LogP contribution in [0.2, 0.25) is 0 Å². The van der Waals surface area contributed by atoms with Crippen molar-refractivity contribution in [2.45, 2.75) is 13.0 Å². The molecule has 0 unspecified atom stereocenters. The molecule has 1 aliphatic rings. The monoisotopic (exact) mass is 192 g/mol. The van der Waals surface area contributed by atoms with Gasteiger partial charge in [0.25, 0.3) is 5.91 Å². The molecule has 0 bridgehead atoms. The number of amides is 1. The number of hydroxylamine groups is 1. The van der Waals surface area contributed by atoms with E-state index in [1.54, 1.807) is 11.5 Å². The van der Waals surface area contributed by atoms with Gasteiger partial charge >= 0.3 is 0 Å². The maximum absolute atomic E-state index is 11.3. The van der Waals surface area contributed by atoms with Crippen molar-refractivity contribution >= 4 is 5.91 Å². The molecule has 0 radical (unpaired) electrons. The van der Waals surface area contributed by atoms with E-state index in [9.17, 15) is 4.79 Å². The molecule has 1 aliphatic heterocycles. The summed E-state index contributed by atoms with van der Waals surface area (Å²) in [4.78, 5) is 11.3. The summed E-state index contributed by atoms with van der Waals surface area (Å²) >= 11 is 0. The molecule has 1 aromatic carbocycles. The number of carbonyl (C=O) groups is 1. The minimum absolute atomic E-state index is 0.427. The van der Waals surface area contributed by atoms with E-state index in [2.05, 4.69) is 5.32 Å². The quantitative estimate of drug-likeness (QED) is 0.447. The summed E-state index contributed by atoms with van der Waals surface area (Å²) in [6.07, 6.45) is 0.832. The van der Waals surface area contributed by atoms with Crippen molar-refractivity contribution in [3.63, 3.8) is 0 Å². The van der Waals surface area contributed by atoms with Crippen molar-refractivity contribution in [2.24, 2.45) is 0 Å². The first-order valence-electron chi connectivity index (χ1n) is 4.59. The fourth-order valence-corrected chi connectivity index (χ4v) is 1.80. The molecule has 0 fully saturated rings. The molecule has 0 aromatic heterocycles. The van der Waals surface area contributed by atoms with E-state index in [0.717, 1.165) is 30.6 Å². The van der Waals surface area contributed by atoms with Crippen LogP contribution in [0.15, 0.2) is 18.2 Å². The molecule has 1 aromatic rings. The molecule has 0 saturated heterocycles. The number of hydrogen-bond acceptors (Lipinski definition) is 3. The third-order valence-corrected chi connectivity index (χ3v) is 2.49.